The fourth-order valence-corrected chi connectivity index (χ4v) is 7.02. The van der Waals surface area contributed by atoms with Crippen LogP contribution in [0.3, 0.4) is 0 Å². The smallest absolute Gasteiger partial charge is 0.342 e. The molecule has 10 heteroatoms. The number of epoxide rings is 1. The van der Waals surface area contributed by atoms with E-state index in [1.54, 1.807) is 19.9 Å². The number of allylic oxidation sites excluding steroid dienone is 1. The van der Waals surface area contributed by atoms with Crippen molar-refractivity contribution in [1.82, 2.24) is 0 Å². The topological polar surface area (TPSA) is 138 Å². The molecule has 1 spiro atoms. The summed E-state index contributed by atoms with van der Waals surface area (Å²) in [4.78, 5) is 49.7. The van der Waals surface area contributed by atoms with E-state index in [1.807, 2.05) is 20.8 Å². The average Bonchev–Trinajstić information content (AvgIpc) is 3.40. The minimum atomic E-state index is -1.39. The third-order valence-electron chi connectivity index (χ3n) is 9.03. The zero-order valence-electron chi connectivity index (χ0n) is 22.6. The molecule has 0 amide bonds. The van der Waals surface area contributed by atoms with Crippen LogP contribution in [0.5, 0.6) is 0 Å². The largest absolute Gasteiger partial charge is 0.462 e. The van der Waals surface area contributed by atoms with Crippen molar-refractivity contribution >= 4 is 23.9 Å². The minimum Gasteiger partial charge on any atom is -0.462 e. The fourth-order valence-electron chi connectivity index (χ4n) is 7.02. The molecule has 0 aromatic heterocycles. The predicted octanol–water partition coefficient (Wildman–Crippen LogP) is 2.39. The number of rotatable bonds is 4. The molecule has 4 rings (SSSR count). The Balaban J connectivity index is 1.91. The number of carbonyl (C=O) groups excluding carboxylic acids is 4. The Hall–Kier alpha value is -2.46. The van der Waals surface area contributed by atoms with Crippen molar-refractivity contribution in [2.24, 2.45) is 17.3 Å². The summed E-state index contributed by atoms with van der Waals surface area (Å²) in [5.41, 5.74) is -2.98. The summed E-state index contributed by atoms with van der Waals surface area (Å²) in [6.07, 6.45) is -1.43. The molecule has 2 saturated heterocycles. The van der Waals surface area contributed by atoms with E-state index in [9.17, 15) is 24.3 Å². The van der Waals surface area contributed by atoms with Crippen LogP contribution >= 0.6 is 0 Å². The second-order valence-corrected chi connectivity index (χ2v) is 11.3. The minimum absolute atomic E-state index is 0.154. The Morgan fingerprint density at radius 3 is 2.30 bits per heavy atom. The summed E-state index contributed by atoms with van der Waals surface area (Å²) >= 11 is 0. The average molecular weight is 523 g/mol. The van der Waals surface area contributed by atoms with Gasteiger partial charge in [-0.3, -0.25) is 14.4 Å². The van der Waals surface area contributed by atoms with Crippen molar-refractivity contribution in [3.63, 3.8) is 0 Å². The first-order valence-electron chi connectivity index (χ1n) is 13.0. The summed E-state index contributed by atoms with van der Waals surface area (Å²) in [5, 5.41) is 12.2. The monoisotopic (exact) mass is 522 g/mol. The Kier molecular flexibility index (Phi) is 6.99. The molecule has 0 bridgehead atoms. The van der Waals surface area contributed by atoms with Gasteiger partial charge in [0.25, 0.3) is 0 Å². The summed E-state index contributed by atoms with van der Waals surface area (Å²) in [6, 6.07) is 0. The van der Waals surface area contributed by atoms with Crippen molar-refractivity contribution in [2.45, 2.75) is 116 Å². The molecule has 2 aliphatic carbocycles. The van der Waals surface area contributed by atoms with Gasteiger partial charge in [0, 0.05) is 38.0 Å². The second-order valence-electron chi connectivity index (χ2n) is 11.3. The number of carbonyl (C=O) groups is 4. The molecule has 10 atom stereocenters. The highest BCUT2D eigenvalue weighted by Crippen LogP contribution is 2.65. The van der Waals surface area contributed by atoms with E-state index >= 15 is 0 Å². The highest BCUT2D eigenvalue weighted by molar-refractivity contribution is 5.88. The van der Waals surface area contributed by atoms with E-state index in [4.69, 9.17) is 23.7 Å². The van der Waals surface area contributed by atoms with E-state index < -0.39 is 82.8 Å². The predicted molar refractivity (Wildman–Crippen MR) is 128 cm³/mol. The molecule has 1 N–H and O–H groups in total. The maximum Gasteiger partial charge on any atom is 0.342 e. The van der Waals surface area contributed by atoms with E-state index in [0.717, 1.165) is 5.57 Å². The molecule has 1 saturated carbocycles. The van der Waals surface area contributed by atoms with Gasteiger partial charge in [0.1, 0.15) is 18.3 Å². The second kappa shape index (κ2) is 9.38. The molecule has 2 aliphatic heterocycles. The first-order chi connectivity index (χ1) is 17.2. The molecule has 206 valence electrons. The van der Waals surface area contributed by atoms with Crippen LogP contribution in [0.25, 0.3) is 0 Å². The van der Waals surface area contributed by atoms with Crippen molar-refractivity contribution in [2.75, 3.05) is 0 Å². The lowest BCUT2D eigenvalue weighted by Gasteiger charge is -2.56. The van der Waals surface area contributed by atoms with Crippen molar-refractivity contribution < 1.29 is 48.0 Å². The van der Waals surface area contributed by atoms with E-state index in [2.05, 4.69) is 0 Å². The lowest BCUT2D eigenvalue weighted by molar-refractivity contribution is -0.230. The third kappa shape index (κ3) is 4.16. The lowest BCUT2D eigenvalue weighted by Crippen LogP contribution is -2.65. The van der Waals surface area contributed by atoms with Crippen LogP contribution in [0.1, 0.15) is 74.1 Å². The van der Waals surface area contributed by atoms with Crippen LogP contribution in [0.4, 0.5) is 0 Å². The maximum atomic E-state index is 12.8. The number of hydrogen-bond donors (Lipinski definition) is 1. The van der Waals surface area contributed by atoms with Crippen LogP contribution in [-0.4, -0.2) is 70.7 Å². The van der Waals surface area contributed by atoms with Crippen LogP contribution < -0.4 is 0 Å². The number of fused-ring (bicyclic) bond motifs is 1. The van der Waals surface area contributed by atoms with Crippen LogP contribution in [0.2, 0.25) is 0 Å². The molecule has 0 aromatic carbocycles. The molecule has 0 aromatic rings. The molecule has 10 nitrogen and oxygen atoms in total. The number of ether oxygens (including phenoxy) is 5. The molecule has 4 aliphatic rings. The Bertz CT molecular complexity index is 1020. The third-order valence-corrected chi connectivity index (χ3v) is 9.03. The SMILES string of the molecule is CCC(=O)O[C@H]1C[C@H](OC(C)=O)[C@@]2(C)[C@H]([C@H]1C)[C@@H](O)[C@]13O[C@]1(C)C(=O)O[C@H]3/C=C(/C)CC[C@H]2OC(C)=O. The van der Waals surface area contributed by atoms with Gasteiger partial charge in [-0.25, -0.2) is 4.79 Å². The Morgan fingerprint density at radius 1 is 1.11 bits per heavy atom. The van der Waals surface area contributed by atoms with Gasteiger partial charge in [0.2, 0.25) is 0 Å². The van der Waals surface area contributed by atoms with E-state index in [-0.39, 0.29) is 12.8 Å². The zero-order valence-corrected chi connectivity index (χ0v) is 22.6. The van der Waals surface area contributed by atoms with Gasteiger partial charge >= 0.3 is 23.9 Å². The summed E-state index contributed by atoms with van der Waals surface area (Å²) in [5.74, 6) is -3.28. The van der Waals surface area contributed by atoms with Crippen LogP contribution in [-0.2, 0) is 42.9 Å². The van der Waals surface area contributed by atoms with Gasteiger partial charge in [0.15, 0.2) is 17.3 Å². The number of esters is 4. The van der Waals surface area contributed by atoms with Gasteiger partial charge in [-0.15, -0.1) is 0 Å². The first kappa shape index (κ1) is 27.6. The molecular weight excluding hydrogens is 484 g/mol. The molecule has 3 fully saturated rings. The molecule has 0 radical (unpaired) electrons. The first-order valence-corrected chi connectivity index (χ1v) is 13.0. The van der Waals surface area contributed by atoms with Crippen LogP contribution in [0.15, 0.2) is 11.6 Å². The lowest BCUT2D eigenvalue weighted by atomic mass is 9.53. The fraction of sp³-hybridized carbons (Fsp3) is 0.778. The molecule has 37 heavy (non-hydrogen) atoms. The Morgan fingerprint density at radius 2 is 1.73 bits per heavy atom. The van der Waals surface area contributed by atoms with Crippen molar-refractivity contribution in [3.8, 4) is 0 Å². The Labute approximate surface area is 217 Å². The highest BCUT2D eigenvalue weighted by atomic mass is 16.7. The van der Waals surface area contributed by atoms with Crippen molar-refractivity contribution in [3.05, 3.63) is 11.6 Å². The van der Waals surface area contributed by atoms with E-state index in [0.29, 0.717) is 12.8 Å². The number of aliphatic hydroxyl groups excluding tert-OH is 1. The van der Waals surface area contributed by atoms with Gasteiger partial charge in [-0.1, -0.05) is 26.3 Å². The molecular formula is C27H38O10. The highest BCUT2D eigenvalue weighted by Gasteiger charge is 2.86. The number of aliphatic hydroxyl groups is 1. The van der Waals surface area contributed by atoms with Crippen LogP contribution in [0, 0.1) is 17.3 Å². The van der Waals surface area contributed by atoms with Gasteiger partial charge in [-0.2, -0.15) is 0 Å². The normalized spacial score (nSPS) is 46.1. The summed E-state index contributed by atoms with van der Waals surface area (Å²) in [6.45, 7) is 11.4. The summed E-state index contributed by atoms with van der Waals surface area (Å²) < 4.78 is 29.2. The zero-order chi connectivity index (χ0) is 27.5. The standard InChI is InChI=1S/C27H38O10/c1-8-21(30)35-17-12-19(34-16(5)29)25(6)18(33-15(4)28)10-9-13(2)11-20-27(23(31)22(25)14(17)3)26(7,37-27)24(32)36-20/h11,14,17-20,22-23,31H,8-10,12H2,1-7H3/b13-11-/t14-,17-,18+,19-,20-,22+,23+,25-,26+,27-/m0/s1. The summed E-state index contributed by atoms with van der Waals surface area (Å²) in [7, 11) is 0. The van der Waals surface area contributed by atoms with Gasteiger partial charge < -0.3 is 28.8 Å². The van der Waals surface area contributed by atoms with Crippen molar-refractivity contribution in [1.29, 1.82) is 0 Å². The maximum absolute atomic E-state index is 12.8. The quantitative estimate of drug-likeness (QED) is 0.253. The molecule has 2 heterocycles. The number of hydrogen-bond acceptors (Lipinski definition) is 10. The van der Waals surface area contributed by atoms with Gasteiger partial charge in [-0.05, 0) is 38.7 Å². The van der Waals surface area contributed by atoms with E-state index in [1.165, 1.54) is 13.8 Å². The van der Waals surface area contributed by atoms with Gasteiger partial charge in [0.05, 0.1) is 6.10 Å². The molecule has 0 unspecified atom stereocenters.